The first-order chi connectivity index (χ1) is 6.99. The molecule has 0 bridgehead atoms. The van der Waals surface area contributed by atoms with Gasteiger partial charge in [0.25, 0.3) is 0 Å². The molecule has 3 heteroatoms. The van der Waals surface area contributed by atoms with Crippen molar-refractivity contribution in [3.8, 4) is 0 Å². The highest BCUT2D eigenvalue weighted by molar-refractivity contribution is 5.66. The number of carboxylic acids is 1. The lowest BCUT2D eigenvalue weighted by Crippen LogP contribution is -2.17. The molecule has 1 rings (SSSR count). The van der Waals surface area contributed by atoms with Crippen LogP contribution in [-0.2, 0) is 11.2 Å². The molecule has 0 aliphatic carbocycles. The number of carbonyl (C=O) groups is 1. The lowest BCUT2D eigenvalue weighted by molar-refractivity contribution is -0.137. The molecule has 0 spiro atoms. The summed E-state index contributed by atoms with van der Waals surface area (Å²) in [6, 6.07) is 5.81. The zero-order valence-electron chi connectivity index (χ0n) is 9.23. The predicted molar refractivity (Wildman–Crippen MR) is 58.6 cm³/mol. The summed E-state index contributed by atoms with van der Waals surface area (Å²) >= 11 is 0. The van der Waals surface area contributed by atoms with Crippen LogP contribution in [0.15, 0.2) is 24.4 Å². The molecule has 0 amide bonds. The topological polar surface area (TPSA) is 50.2 Å². The fourth-order valence-corrected chi connectivity index (χ4v) is 1.53. The van der Waals surface area contributed by atoms with Gasteiger partial charge >= 0.3 is 5.97 Å². The van der Waals surface area contributed by atoms with E-state index in [9.17, 15) is 4.79 Å². The highest BCUT2D eigenvalue weighted by Gasteiger charge is 2.20. The van der Waals surface area contributed by atoms with Crippen molar-refractivity contribution < 1.29 is 9.90 Å². The molecule has 0 aromatic carbocycles. The van der Waals surface area contributed by atoms with Crippen molar-refractivity contribution in [1.82, 2.24) is 4.98 Å². The van der Waals surface area contributed by atoms with Crippen molar-refractivity contribution in [3.05, 3.63) is 30.1 Å². The van der Waals surface area contributed by atoms with Crippen molar-refractivity contribution in [2.24, 2.45) is 5.41 Å². The van der Waals surface area contributed by atoms with Crippen LogP contribution in [0.3, 0.4) is 0 Å². The quantitative estimate of drug-likeness (QED) is 0.807. The first-order valence-corrected chi connectivity index (χ1v) is 5.11. The zero-order chi connectivity index (χ0) is 11.3. The summed E-state index contributed by atoms with van der Waals surface area (Å²) in [6.45, 7) is 4.15. The minimum absolute atomic E-state index is 0.00720. The van der Waals surface area contributed by atoms with E-state index in [1.807, 2.05) is 18.2 Å². The van der Waals surface area contributed by atoms with Gasteiger partial charge in [0.2, 0.25) is 0 Å². The Labute approximate surface area is 90.2 Å². The van der Waals surface area contributed by atoms with Gasteiger partial charge in [0, 0.05) is 18.3 Å². The minimum atomic E-state index is -0.732. The number of hydrogen-bond acceptors (Lipinski definition) is 2. The van der Waals surface area contributed by atoms with Gasteiger partial charge in [0.15, 0.2) is 0 Å². The van der Waals surface area contributed by atoms with E-state index in [4.69, 9.17) is 5.11 Å². The highest BCUT2D eigenvalue weighted by Crippen LogP contribution is 2.26. The number of aromatic nitrogens is 1. The molecule has 0 aliphatic rings. The van der Waals surface area contributed by atoms with Gasteiger partial charge in [-0.25, -0.2) is 0 Å². The maximum Gasteiger partial charge on any atom is 0.303 e. The molecule has 15 heavy (non-hydrogen) atoms. The third-order valence-corrected chi connectivity index (χ3v) is 2.40. The molecule has 0 radical (unpaired) electrons. The van der Waals surface area contributed by atoms with Gasteiger partial charge in [0.1, 0.15) is 0 Å². The van der Waals surface area contributed by atoms with E-state index in [0.29, 0.717) is 6.42 Å². The van der Waals surface area contributed by atoms with E-state index in [2.05, 4.69) is 18.8 Å². The van der Waals surface area contributed by atoms with Crippen molar-refractivity contribution in [2.75, 3.05) is 0 Å². The largest absolute Gasteiger partial charge is 0.481 e. The van der Waals surface area contributed by atoms with Crippen LogP contribution in [0.1, 0.15) is 32.4 Å². The Hall–Kier alpha value is -1.38. The number of pyridine rings is 1. The number of hydrogen-bond donors (Lipinski definition) is 1. The van der Waals surface area contributed by atoms with Crippen molar-refractivity contribution in [2.45, 2.75) is 33.1 Å². The van der Waals surface area contributed by atoms with Crippen LogP contribution in [-0.4, -0.2) is 16.1 Å². The Balaban J connectivity index is 2.52. The third kappa shape index (κ3) is 4.58. The van der Waals surface area contributed by atoms with Gasteiger partial charge in [-0.05, 0) is 30.4 Å². The summed E-state index contributed by atoms with van der Waals surface area (Å²) in [5.74, 6) is -0.732. The van der Waals surface area contributed by atoms with Crippen molar-refractivity contribution in [1.29, 1.82) is 0 Å². The fraction of sp³-hybridized carbons (Fsp3) is 0.500. The van der Waals surface area contributed by atoms with E-state index in [1.165, 1.54) is 0 Å². The van der Waals surface area contributed by atoms with E-state index in [1.54, 1.807) is 6.20 Å². The minimum Gasteiger partial charge on any atom is -0.481 e. The second-order valence-electron chi connectivity index (χ2n) is 4.56. The molecule has 1 N–H and O–H groups in total. The second kappa shape index (κ2) is 4.91. The van der Waals surface area contributed by atoms with Crippen LogP contribution < -0.4 is 0 Å². The van der Waals surface area contributed by atoms with Crippen molar-refractivity contribution >= 4 is 5.97 Å². The number of rotatable bonds is 5. The Morgan fingerprint density at radius 3 is 2.73 bits per heavy atom. The maximum absolute atomic E-state index is 10.5. The summed E-state index contributed by atoms with van der Waals surface area (Å²) < 4.78 is 0. The van der Waals surface area contributed by atoms with E-state index >= 15 is 0 Å². The number of nitrogens with zero attached hydrogens (tertiary/aromatic N) is 1. The smallest absolute Gasteiger partial charge is 0.303 e. The highest BCUT2D eigenvalue weighted by atomic mass is 16.4. The Morgan fingerprint density at radius 2 is 2.20 bits per heavy atom. The standard InChI is InChI=1S/C12H17NO2/c1-12(2,7-6-11(14)15)9-10-5-3-4-8-13-10/h3-5,8H,6-7,9H2,1-2H3,(H,14,15). The van der Waals surface area contributed by atoms with Gasteiger partial charge in [0.05, 0.1) is 0 Å². The Bertz CT molecular complexity index is 320. The summed E-state index contributed by atoms with van der Waals surface area (Å²) in [7, 11) is 0. The molecule has 0 saturated heterocycles. The van der Waals surface area contributed by atoms with Crippen molar-refractivity contribution in [3.63, 3.8) is 0 Å². The predicted octanol–water partition coefficient (Wildman–Crippen LogP) is 2.52. The summed E-state index contributed by atoms with van der Waals surface area (Å²) in [5, 5.41) is 8.63. The first-order valence-electron chi connectivity index (χ1n) is 5.11. The monoisotopic (exact) mass is 207 g/mol. The molecule has 0 unspecified atom stereocenters. The lowest BCUT2D eigenvalue weighted by Gasteiger charge is -2.23. The maximum atomic E-state index is 10.5. The Kier molecular flexibility index (Phi) is 3.83. The third-order valence-electron chi connectivity index (χ3n) is 2.40. The lowest BCUT2D eigenvalue weighted by atomic mass is 9.83. The molecule has 0 aliphatic heterocycles. The molecule has 0 atom stereocenters. The molecule has 0 saturated carbocycles. The molecule has 1 aromatic heterocycles. The van der Waals surface area contributed by atoms with E-state index in [-0.39, 0.29) is 11.8 Å². The molecule has 3 nitrogen and oxygen atoms in total. The summed E-state index contributed by atoms with van der Waals surface area (Å²) in [4.78, 5) is 14.7. The van der Waals surface area contributed by atoms with Crippen LogP contribution >= 0.6 is 0 Å². The van der Waals surface area contributed by atoms with E-state index < -0.39 is 5.97 Å². The molecule has 0 fully saturated rings. The second-order valence-corrected chi connectivity index (χ2v) is 4.56. The van der Waals surface area contributed by atoms with Crippen LogP contribution in [0, 0.1) is 5.41 Å². The summed E-state index contributed by atoms with van der Waals surface area (Å²) in [6.07, 6.45) is 3.49. The zero-order valence-corrected chi connectivity index (χ0v) is 9.23. The van der Waals surface area contributed by atoms with E-state index in [0.717, 1.165) is 12.1 Å². The van der Waals surface area contributed by atoms with Crippen LogP contribution in [0.5, 0.6) is 0 Å². The Morgan fingerprint density at radius 1 is 1.47 bits per heavy atom. The summed E-state index contributed by atoms with van der Waals surface area (Å²) in [5.41, 5.74) is 1.01. The molecule has 1 aromatic rings. The molecular formula is C12H17NO2. The number of aliphatic carboxylic acids is 1. The average molecular weight is 207 g/mol. The normalized spacial score (nSPS) is 11.3. The van der Waals surface area contributed by atoms with Gasteiger partial charge in [-0.15, -0.1) is 0 Å². The molecular weight excluding hydrogens is 190 g/mol. The van der Waals surface area contributed by atoms with Gasteiger partial charge in [-0.2, -0.15) is 0 Å². The van der Waals surface area contributed by atoms with Gasteiger partial charge < -0.3 is 5.11 Å². The SMILES string of the molecule is CC(C)(CCC(=O)O)Cc1ccccn1. The van der Waals surface area contributed by atoms with Gasteiger partial charge in [-0.1, -0.05) is 19.9 Å². The van der Waals surface area contributed by atoms with Crippen LogP contribution in [0.2, 0.25) is 0 Å². The van der Waals surface area contributed by atoms with Gasteiger partial charge in [-0.3, -0.25) is 9.78 Å². The van der Waals surface area contributed by atoms with Crippen LogP contribution in [0.25, 0.3) is 0 Å². The fourth-order valence-electron chi connectivity index (χ4n) is 1.53. The molecule has 1 heterocycles. The number of carboxylic acid groups (broad SMARTS) is 1. The molecule has 82 valence electrons. The average Bonchev–Trinajstić information content (AvgIpc) is 2.16. The van der Waals surface area contributed by atoms with Crippen LogP contribution in [0.4, 0.5) is 0 Å². The first kappa shape index (κ1) is 11.7.